The van der Waals surface area contributed by atoms with Crippen LogP contribution in [0.25, 0.3) is 33.1 Å². The number of allylic oxidation sites excluding steroid dienone is 2. The van der Waals surface area contributed by atoms with Gasteiger partial charge in [-0.2, -0.15) is 0 Å². The van der Waals surface area contributed by atoms with Crippen LogP contribution in [0.3, 0.4) is 0 Å². The van der Waals surface area contributed by atoms with Crippen LogP contribution in [0.2, 0.25) is 0 Å². The van der Waals surface area contributed by atoms with Gasteiger partial charge < -0.3 is 19.7 Å². The Bertz CT molecular complexity index is 1500. The molecular formula is C28H28N6O. The van der Waals surface area contributed by atoms with Gasteiger partial charge in [-0.15, -0.1) is 0 Å². The number of rotatable bonds is 4. The lowest BCUT2D eigenvalue weighted by Gasteiger charge is -2.38. The average Bonchev–Trinajstić information content (AvgIpc) is 3.25. The molecule has 1 amide bonds. The van der Waals surface area contributed by atoms with Gasteiger partial charge in [0, 0.05) is 74.2 Å². The van der Waals surface area contributed by atoms with Gasteiger partial charge in [-0.25, -0.2) is 0 Å². The maximum Gasteiger partial charge on any atom is 0.222 e. The third kappa shape index (κ3) is 4.03. The standard InChI is InChI=1S/C28H28N6O/c1-32-13-9-19-5-6-20(14-26(19)32)24-15-22(16-25-28(24)30-11-10-29-25)31-21-4-3-12-34(17-21)23-7-8-27(35)33(2)18-23/h3-6,9-16,23,31H,7-8,17-18H2,1-2H3. The first kappa shape index (κ1) is 21.4. The number of anilines is 1. The maximum atomic E-state index is 11.9. The Morgan fingerprint density at radius 2 is 1.94 bits per heavy atom. The van der Waals surface area contributed by atoms with Crippen LogP contribution in [-0.4, -0.2) is 56.4 Å². The molecule has 1 N–H and O–H groups in total. The van der Waals surface area contributed by atoms with Gasteiger partial charge in [0.2, 0.25) is 5.91 Å². The van der Waals surface area contributed by atoms with E-state index in [9.17, 15) is 4.79 Å². The number of likely N-dealkylation sites (tertiary alicyclic amines) is 1. The molecule has 7 nitrogen and oxygen atoms in total. The average molecular weight is 465 g/mol. The van der Waals surface area contributed by atoms with E-state index in [4.69, 9.17) is 0 Å². The summed E-state index contributed by atoms with van der Waals surface area (Å²) in [6, 6.07) is 13.2. The summed E-state index contributed by atoms with van der Waals surface area (Å²) in [4.78, 5) is 25.3. The van der Waals surface area contributed by atoms with E-state index in [1.165, 1.54) is 10.9 Å². The number of likely N-dealkylation sites (N-methyl/N-ethyl adjacent to an activating group) is 1. The van der Waals surface area contributed by atoms with Crippen LogP contribution in [0, 0.1) is 0 Å². The summed E-state index contributed by atoms with van der Waals surface area (Å²) in [6.45, 7) is 1.53. The summed E-state index contributed by atoms with van der Waals surface area (Å²) in [6.07, 6.45) is 13.4. The van der Waals surface area contributed by atoms with E-state index < -0.39 is 0 Å². The molecule has 1 saturated heterocycles. The fourth-order valence-electron chi connectivity index (χ4n) is 5.15. The second-order valence-electron chi connectivity index (χ2n) is 9.45. The Hall–Kier alpha value is -4.13. The zero-order valence-corrected chi connectivity index (χ0v) is 20.0. The number of carbonyl (C=O) groups is 1. The van der Waals surface area contributed by atoms with Gasteiger partial charge in [0.1, 0.15) is 0 Å². The SMILES string of the molecule is CN1CC(N2C=CC=C(Nc3cc(-c4ccc5ccn(C)c5c4)c4nccnc4c3)C2)CCC1=O. The van der Waals surface area contributed by atoms with Crippen molar-refractivity contribution in [1.29, 1.82) is 0 Å². The molecule has 35 heavy (non-hydrogen) atoms. The largest absolute Gasteiger partial charge is 0.367 e. The second kappa shape index (κ2) is 8.58. The van der Waals surface area contributed by atoms with Crippen LogP contribution >= 0.6 is 0 Å². The number of hydrogen-bond acceptors (Lipinski definition) is 5. The molecule has 1 unspecified atom stereocenters. The zero-order valence-electron chi connectivity index (χ0n) is 20.0. The van der Waals surface area contributed by atoms with Crippen LogP contribution in [0.4, 0.5) is 5.69 Å². The van der Waals surface area contributed by atoms with Crippen LogP contribution in [0.5, 0.6) is 0 Å². The first-order valence-electron chi connectivity index (χ1n) is 12.0. The van der Waals surface area contributed by atoms with Crippen molar-refractivity contribution in [2.45, 2.75) is 18.9 Å². The molecule has 1 atom stereocenters. The molecule has 2 aromatic carbocycles. The third-order valence-electron chi connectivity index (χ3n) is 7.08. The molecule has 2 aliphatic rings. The van der Waals surface area contributed by atoms with Crippen molar-refractivity contribution in [1.82, 2.24) is 24.3 Å². The quantitative estimate of drug-likeness (QED) is 0.481. The summed E-state index contributed by atoms with van der Waals surface area (Å²) in [5.74, 6) is 0.231. The van der Waals surface area contributed by atoms with E-state index in [1.807, 2.05) is 11.9 Å². The fourth-order valence-corrected chi connectivity index (χ4v) is 5.15. The monoisotopic (exact) mass is 464 g/mol. The minimum atomic E-state index is 0.231. The van der Waals surface area contributed by atoms with Gasteiger partial charge in [-0.05, 0) is 60.0 Å². The van der Waals surface area contributed by atoms with Crippen molar-refractivity contribution in [3.8, 4) is 11.1 Å². The number of nitrogens with one attached hydrogen (secondary N) is 1. The van der Waals surface area contributed by atoms with Gasteiger partial charge >= 0.3 is 0 Å². The summed E-state index contributed by atoms with van der Waals surface area (Å²) >= 11 is 0. The van der Waals surface area contributed by atoms with Crippen LogP contribution in [0.15, 0.2) is 79.0 Å². The summed E-state index contributed by atoms with van der Waals surface area (Å²) < 4.78 is 2.14. The summed E-state index contributed by atoms with van der Waals surface area (Å²) in [7, 11) is 3.96. The Balaban J connectivity index is 1.31. The predicted molar refractivity (Wildman–Crippen MR) is 140 cm³/mol. The van der Waals surface area contributed by atoms with Crippen LogP contribution < -0.4 is 5.32 Å². The lowest BCUT2D eigenvalue weighted by Crippen LogP contribution is -2.48. The lowest BCUT2D eigenvalue weighted by molar-refractivity contribution is -0.133. The van der Waals surface area contributed by atoms with E-state index in [2.05, 4.69) is 92.7 Å². The highest BCUT2D eigenvalue weighted by Gasteiger charge is 2.27. The van der Waals surface area contributed by atoms with Crippen molar-refractivity contribution in [2.24, 2.45) is 7.05 Å². The van der Waals surface area contributed by atoms with Crippen molar-refractivity contribution < 1.29 is 4.79 Å². The smallest absolute Gasteiger partial charge is 0.222 e. The highest BCUT2D eigenvalue weighted by Crippen LogP contribution is 2.33. The number of benzene rings is 2. The van der Waals surface area contributed by atoms with E-state index >= 15 is 0 Å². The van der Waals surface area contributed by atoms with E-state index in [0.717, 1.165) is 53.1 Å². The molecule has 0 saturated carbocycles. The Kier molecular flexibility index (Phi) is 5.25. The Morgan fingerprint density at radius 3 is 2.83 bits per heavy atom. The maximum absolute atomic E-state index is 11.9. The molecule has 176 valence electrons. The molecule has 2 aliphatic heterocycles. The predicted octanol–water partition coefficient (Wildman–Crippen LogP) is 4.53. The van der Waals surface area contributed by atoms with Crippen molar-refractivity contribution >= 4 is 33.5 Å². The summed E-state index contributed by atoms with van der Waals surface area (Å²) in [5.41, 5.74) is 7.19. The van der Waals surface area contributed by atoms with E-state index in [0.29, 0.717) is 12.5 Å². The molecule has 4 aromatic rings. The van der Waals surface area contributed by atoms with Gasteiger partial charge in [0.15, 0.2) is 0 Å². The Morgan fingerprint density at radius 1 is 1.06 bits per heavy atom. The third-order valence-corrected chi connectivity index (χ3v) is 7.08. The molecule has 1 fully saturated rings. The molecular weight excluding hydrogens is 436 g/mol. The van der Waals surface area contributed by atoms with Crippen molar-refractivity contribution in [3.63, 3.8) is 0 Å². The van der Waals surface area contributed by atoms with Gasteiger partial charge in [0.05, 0.1) is 17.6 Å². The summed E-state index contributed by atoms with van der Waals surface area (Å²) in [5, 5.41) is 4.85. The molecule has 0 radical (unpaired) electrons. The number of piperidine rings is 1. The number of amides is 1. The molecule has 0 bridgehead atoms. The minimum Gasteiger partial charge on any atom is -0.367 e. The zero-order chi connectivity index (χ0) is 23.9. The normalized spacial score (nSPS) is 18.4. The number of aromatic nitrogens is 3. The molecule has 4 heterocycles. The highest BCUT2D eigenvalue weighted by atomic mass is 16.2. The second-order valence-corrected chi connectivity index (χ2v) is 9.45. The van der Waals surface area contributed by atoms with E-state index in [1.54, 1.807) is 12.4 Å². The van der Waals surface area contributed by atoms with Gasteiger partial charge in [-0.3, -0.25) is 14.8 Å². The first-order valence-corrected chi connectivity index (χ1v) is 12.0. The number of aryl methyl sites for hydroxylation is 1. The molecule has 0 spiro atoms. The highest BCUT2D eigenvalue weighted by molar-refractivity contribution is 5.97. The van der Waals surface area contributed by atoms with Crippen LogP contribution in [-0.2, 0) is 11.8 Å². The number of carbonyl (C=O) groups excluding carboxylic acids is 1. The molecule has 6 rings (SSSR count). The number of fused-ring (bicyclic) bond motifs is 2. The molecule has 7 heteroatoms. The van der Waals surface area contributed by atoms with Crippen molar-refractivity contribution in [2.75, 3.05) is 25.5 Å². The fraction of sp³-hybridized carbons (Fsp3) is 0.250. The topological polar surface area (TPSA) is 66.3 Å². The number of nitrogens with zero attached hydrogens (tertiary/aromatic N) is 5. The molecule has 2 aromatic heterocycles. The molecule has 0 aliphatic carbocycles. The van der Waals surface area contributed by atoms with Crippen molar-refractivity contribution in [3.05, 3.63) is 79.0 Å². The minimum absolute atomic E-state index is 0.231. The van der Waals surface area contributed by atoms with E-state index in [-0.39, 0.29) is 5.91 Å². The Labute approximate surface area is 204 Å². The lowest BCUT2D eigenvalue weighted by atomic mass is 10.0. The number of hydrogen-bond donors (Lipinski definition) is 1. The van der Waals surface area contributed by atoms with Crippen LogP contribution in [0.1, 0.15) is 12.8 Å². The first-order chi connectivity index (χ1) is 17.0. The van der Waals surface area contributed by atoms with Gasteiger partial charge in [0.25, 0.3) is 0 Å². The van der Waals surface area contributed by atoms with Gasteiger partial charge in [-0.1, -0.05) is 12.1 Å².